The smallest absolute Gasteiger partial charge is 0.134 e. The van der Waals surface area contributed by atoms with Gasteiger partial charge in [-0.3, -0.25) is 4.90 Å². The summed E-state index contributed by atoms with van der Waals surface area (Å²) in [6.45, 7) is 9.52. The molecule has 1 aromatic heterocycles. The van der Waals surface area contributed by atoms with E-state index in [-0.39, 0.29) is 11.7 Å². The Kier molecular flexibility index (Phi) is 3.78. The number of morpholine rings is 1. The van der Waals surface area contributed by atoms with E-state index in [0.717, 1.165) is 41.9 Å². The zero-order valence-corrected chi connectivity index (χ0v) is 13.1. The minimum atomic E-state index is -0.118. The molecule has 0 spiro atoms. The van der Waals surface area contributed by atoms with Crippen molar-refractivity contribution < 1.29 is 9.15 Å². The maximum absolute atomic E-state index is 6.03. The van der Waals surface area contributed by atoms with Crippen LogP contribution in [0.1, 0.15) is 32.1 Å². The van der Waals surface area contributed by atoms with Crippen molar-refractivity contribution in [3.8, 4) is 0 Å². The molecule has 1 aliphatic heterocycles. The molecule has 114 valence electrons. The van der Waals surface area contributed by atoms with Gasteiger partial charge in [0, 0.05) is 30.6 Å². The zero-order chi connectivity index (χ0) is 15.0. The minimum absolute atomic E-state index is 0.118. The second-order valence-corrected chi connectivity index (χ2v) is 6.56. The SMILES string of the molecule is CC1CN(Cc2oc3ccccc3c2CN)CC(C)(C)O1. The lowest BCUT2D eigenvalue weighted by Crippen LogP contribution is -2.51. The van der Waals surface area contributed by atoms with Gasteiger partial charge in [-0.25, -0.2) is 0 Å². The highest BCUT2D eigenvalue weighted by Crippen LogP contribution is 2.28. The van der Waals surface area contributed by atoms with E-state index in [9.17, 15) is 0 Å². The van der Waals surface area contributed by atoms with Crippen molar-refractivity contribution in [2.24, 2.45) is 5.73 Å². The number of fused-ring (bicyclic) bond motifs is 1. The van der Waals surface area contributed by atoms with Gasteiger partial charge in [0.1, 0.15) is 11.3 Å². The standard InChI is InChI=1S/C17H24N2O2/c1-12-9-19(11-17(2,3)21-12)10-16-14(8-18)13-6-4-5-7-15(13)20-16/h4-7,12H,8-11,18H2,1-3H3. The molecular formula is C17H24N2O2. The van der Waals surface area contributed by atoms with Crippen LogP contribution in [0.2, 0.25) is 0 Å². The number of rotatable bonds is 3. The van der Waals surface area contributed by atoms with Crippen LogP contribution in [0.5, 0.6) is 0 Å². The third-order valence-corrected chi connectivity index (χ3v) is 3.99. The molecule has 1 aromatic carbocycles. The average Bonchev–Trinajstić information content (AvgIpc) is 2.73. The van der Waals surface area contributed by atoms with E-state index in [4.69, 9.17) is 14.9 Å². The number of benzene rings is 1. The molecule has 4 nitrogen and oxygen atoms in total. The van der Waals surface area contributed by atoms with Crippen LogP contribution in [0.3, 0.4) is 0 Å². The van der Waals surface area contributed by atoms with Gasteiger partial charge in [-0.15, -0.1) is 0 Å². The first kappa shape index (κ1) is 14.6. The van der Waals surface area contributed by atoms with Crippen LogP contribution < -0.4 is 5.73 Å². The topological polar surface area (TPSA) is 51.6 Å². The number of nitrogens with zero attached hydrogens (tertiary/aromatic N) is 1. The van der Waals surface area contributed by atoms with Crippen molar-refractivity contribution in [2.45, 2.75) is 45.6 Å². The Morgan fingerprint density at radius 2 is 2.10 bits per heavy atom. The van der Waals surface area contributed by atoms with E-state index < -0.39 is 0 Å². The first-order valence-electron chi connectivity index (χ1n) is 7.58. The Morgan fingerprint density at radius 3 is 2.81 bits per heavy atom. The molecule has 4 heteroatoms. The molecule has 1 saturated heterocycles. The van der Waals surface area contributed by atoms with Gasteiger partial charge in [0.25, 0.3) is 0 Å². The first-order valence-corrected chi connectivity index (χ1v) is 7.58. The average molecular weight is 288 g/mol. The van der Waals surface area contributed by atoms with E-state index in [1.54, 1.807) is 0 Å². The fraction of sp³-hybridized carbons (Fsp3) is 0.529. The Labute approximate surface area is 125 Å². The molecule has 3 rings (SSSR count). The molecule has 1 unspecified atom stereocenters. The highest BCUT2D eigenvalue weighted by molar-refractivity contribution is 5.82. The first-order chi connectivity index (χ1) is 9.98. The summed E-state index contributed by atoms with van der Waals surface area (Å²) in [6.07, 6.45) is 0.236. The Hall–Kier alpha value is -1.36. The van der Waals surface area contributed by atoms with Gasteiger partial charge in [0.2, 0.25) is 0 Å². The molecule has 0 radical (unpaired) electrons. The Bertz CT molecular complexity index is 633. The van der Waals surface area contributed by atoms with Crippen molar-refractivity contribution in [3.05, 3.63) is 35.6 Å². The number of hydrogen-bond acceptors (Lipinski definition) is 4. The molecule has 1 fully saturated rings. The van der Waals surface area contributed by atoms with Crippen molar-refractivity contribution >= 4 is 11.0 Å². The largest absolute Gasteiger partial charge is 0.459 e. The van der Waals surface area contributed by atoms with Crippen LogP contribution in [0.15, 0.2) is 28.7 Å². The molecule has 1 atom stereocenters. The second-order valence-electron chi connectivity index (χ2n) is 6.56. The van der Waals surface area contributed by atoms with Gasteiger partial charge in [-0.05, 0) is 26.8 Å². The zero-order valence-electron chi connectivity index (χ0n) is 13.1. The van der Waals surface area contributed by atoms with Gasteiger partial charge in [0.15, 0.2) is 0 Å². The molecule has 2 heterocycles. The van der Waals surface area contributed by atoms with Crippen molar-refractivity contribution in [2.75, 3.05) is 13.1 Å². The summed E-state index contributed by atoms with van der Waals surface area (Å²) < 4.78 is 12.0. The van der Waals surface area contributed by atoms with Crippen LogP contribution in [-0.4, -0.2) is 29.7 Å². The Balaban J connectivity index is 1.87. The number of nitrogens with two attached hydrogens (primary N) is 1. The normalized spacial score (nSPS) is 22.8. The van der Waals surface area contributed by atoms with Crippen LogP contribution in [0.25, 0.3) is 11.0 Å². The van der Waals surface area contributed by atoms with E-state index in [1.165, 1.54) is 0 Å². The third-order valence-electron chi connectivity index (χ3n) is 3.99. The number of hydrogen-bond donors (Lipinski definition) is 1. The molecule has 0 aliphatic carbocycles. The molecule has 0 saturated carbocycles. The minimum Gasteiger partial charge on any atom is -0.459 e. The highest BCUT2D eigenvalue weighted by atomic mass is 16.5. The second kappa shape index (κ2) is 5.44. The highest BCUT2D eigenvalue weighted by Gasteiger charge is 2.32. The summed E-state index contributed by atoms with van der Waals surface area (Å²) in [5.41, 5.74) is 7.88. The monoisotopic (exact) mass is 288 g/mol. The summed E-state index contributed by atoms with van der Waals surface area (Å²) in [7, 11) is 0. The van der Waals surface area contributed by atoms with Crippen LogP contribution in [0.4, 0.5) is 0 Å². The number of furan rings is 1. The van der Waals surface area contributed by atoms with Crippen LogP contribution in [-0.2, 0) is 17.8 Å². The van der Waals surface area contributed by atoms with Crippen LogP contribution >= 0.6 is 0 Å². The molecule has 21 heavy (non-hydrogen) atoms. The van der Waals surface area contributed by atoms with E-state index in [0.29, 0.717) is 6.54 Å². The maximum Gasteiger partial charge on any atom is 0.134 e. The predicted octanol–water partition coefficient (Wildman–Crippen LogP) is 2.89. The van der Waals surface area contributed by atoms with Gasteiger partial charge in [0.05, 0.1) is 18.2 Å². The fourth-order valence-corrected chi connectivity index (χ4v) is 3.41. The molecule has 0 amide bonds. The summed E-state index contributed by atoms with van der Waals surface area (Å²) >= 11 is 0. The molecule has 2 N–H and O–H groups in total. The molecule has 2 aromatic rings. The molecule has 0 bridgehead atoms. The lowest BCUT2D eigenvalue weighted by Gasteiger charge is -2.41. The lowest BCUT2D eigenvalue weighted by molar-refractivity contribution is -0.131. The number of ether oxygens (including phenoxy) is 1. The van der Waals surface area contributed by atoms with Gasteiger partial charge >= 0.3 is 0 Å². The quantitative estimate of drug-likeness (QED) is 0.943. The maximum atomic E-state index is 6.03. The molecular weight excluding hydrogens is 264 g/mol. The fourth-order valence-electron chi connectivity index (χ4n) is 3.41. The van der Waals surface area contributed by atoms with E-state index in [2.05, 4.69) is 31.7 Å². The predicted molar refractivity (Wildman–Crippen MR) is 84.0 cm³/mol. The van der Waals surface area contributed by atoms with Crippen molar-refractivity contribution in [1.29, 1.82) is 0 Å². The van der Waals surface area contributed by atoms with Gasteiger partial charge in [-0.2, -0.15) is 0 Å². The van der Waals surface area contributed by atoms with Crippen LogP contribution in [0, 0.1) is 0 Å². The van der Waals surface area contributed by atoms with Crippen molar-refractivity contribution in [3.63, 3.8) is 0 Å². The summed E-state index contributed by atoms with van der Waals surface area (Å²) in [4.78, 5) is 2.39. The van der Waals surface area contributed by atoms with Gasteiger partial charge < -0.3 is 14.9 Å². The van der Waals surface area contributed by atoms with Crippen molar-refractivity contribution in [1.82, 2.24) is 4.90 Å². The lowest BCUT2D eigenvalue weighted by atomic mass is 10.0. The summed E-state index contributed by atoms with van der Waals surface area (Å²) in [6, 6.07) is 8.11. The van der Waals surface area contributed by atoms with Gasteiger partial charge in [-0.1, -0.05) is 18.2 Å². The summed E-state index contributed by atoms with van der Waals surface area (Å²) in [5, 5.41) is 1.13. The molecule has 1 aliphatic rings. The van der Waals surface area contributed by atoms with E-state index in [1.807, 2.05) is 18.2 Å². The number of para-hydroxylation sites is 1. The third kappa shape index (κ3) is 2.98. The summed E-state index contributed by atoms with van der Waals surface area (Å²) in [5.74, 6) is 0.989. The van der Waals surface area contributed by atoms with E-state index >= 15 is 0 Å². The Morgan fingerprint density at radius 1 is 1.33 bits per heavy atom.